The third-order valence-corrected chi connectivity index (χ3v) is 15.6. The van der Waals surface area contributed by atoms with Crippen molar-refractivity contribution in [1.29, 1.82) is 0 Å². The molecule has 0 saturated heterocycles. The van der Waals surface area contributed by atoms with Crippen molar-refractivity contribution in [3.63, 3.8) is 0 Å². The fourth-order valence-corrected chi connectivity index (χ4v) is 10.3. The van der Waals surface area contributed by atoms with E-state index < -0.39 is 6.10 Å². The normalized spacial score (nSPS) is 12.7. The van der Waals surface area contributed by atoms with Crippen LogP contribution < -0.4 is 0 Å². The molecule has 1 unspecified atom stereocenters. The molecule has 0 heterocycles. The average Bonchev–Trinajstić information content (AvgIpc) is 3.49. The molecule has 0 bridgehead atoms. The number of carbonyl (C=O) groups is 3. The van der Waals surface area contributed by atoms with E-state index in [1.807, 2.05) is 0 Å². The molecule has 1 atom stereocenters. The molecule has 6 heteroatoms. The molecule has 0 fully saturated rings. The molecule has 0 saturated carbocycles. The first-order chi connectivity index (χ1) is 41.0. The summed E-state index contributed by atoms with van der Waals surface area (Å²) in [5.41, 5.74) is 0. The third-order valence-electron chi connectivity index (χ3n) is 15.6. The molecule has 0 aromatic rings. The second kappa shape index (κ2) is 70.8. The van der Waals surface area contributed by atoms with E-state index in [2.05, 4.69) is 118 Å². The zero-order chi connectivity index (χ0) is 59.9. The molecule has 0 rings (SSSR count). The second-order valence-electron chi connectivity index (χ2n) is 23.8. The molecule has 83 heavy (non-hydrogen) atoms. The summed E-state index contributed by atoms with van der Waals surface area (Å²) >= 11 is 0. The van der Waals surface area contributed by atoms with Crippen LogP contribution in [0.25, 0.3) is 0 Å². The Hall–Kier alpha value is -3.67. The van der Waals surface area contributed by atoms with Crippen LogP contribution in [-0.2, 0) is 28.6 Å². The average molecular weight is 1160 g/mol. The number of esters is 3. The van der Waals surface area contributed by atoms with Gasteiger partial charge in [0.05, 0.1) is 0 Å². The molecule has 0 amide bonds. The lowest BCUT2D eigenvalue weighted by atomic mass is 10.0. The van der Waals surface area contributed by atoms with Crippen LogP contribution in [0.3, 0.4) is 0 Å². The van der Waals surface area contributed by atoms with Gasteiger partial charge in [-0.05, 0) is 96.3 Å². The Labute approximate surface area is 515 Å². The SMILES string of the molecule is CC/C=C\C/C=C\C/C=C\C/C=C\C/C=C\C/C=C\C/C=C\CCCC(=O)OC(COC(=O)CCCCCCCCCCCCCCC)COC(=O)CCCCCCCCCCCCCCCCCCC/C=C\CCCCCCCCCC. The van der Waals surface area contributed by atoms with Gasteiger partial charge in [0.1, 0.15) is 13.2 Å². The van der Waals surface area contributed by atoms with Gasteiger partial charge < -0.3 is 14.2 Å². The number of hydrogen-bond acceptors (Lipinski definition) is 6. The highest BCUT2D eigenvalue weighted by Crippen LogP contribution is 2.18. The van der Waals surface area contributed by atoms with Gasteiger partial charge in [0.25, 0.3) is 0 Å². The van der Waals surface area contributed by atoms with E-state index in [1.54, 1.807) is 0 Å². The monoisotopic (exact) mass is 1160 g/mol. The van der Waals surface area contributed by atoms with Crippen LogP contribution in [0.4, 0.5) is 0 Å². The van der Waals surface area contributed by atoms with Crippen LogP contribution in [0.5, 0.6) is 0 Å². The van der Waals surface area contributed by atoms with Crippen molar-refractivity contribution < 1.29 is 28.6 Å². The lowest BCUT2D eigenvalue weighted by Crippen LogP contribution is -2.30. The zero-order valence-corrected chi connectivity index (χ0v) is 54.9. The van der Waals surface area contributed by atoms with Crippen molar-refractivity contribution in [2.45, 2.75) is 361 Å². The first kappa shape index (κ1) is 79.3. The molecule has 6 nitrogen and oxygen atoms in total. The summed E-state index contributed by atoms with van der Waals surface area (Å²) in [6.07, 6.45) is 95.9. The predicted octanol–water partition coefficient (Wildman–Crippen LogP) is 24.8. The Kier molecular flexibility index (Phi) is 67.7. The Morgan fingerprint density at radius 3 is 0.783 bits per heavy atom. The van der Waals surface area contributed by atoms with Gasteiger partial charge in [-0.3, -0.25) is 14.4 Å². The molecule has 478 valence electrons. The number of rotatable bonds is 65. The summed E-state index contributed by atoms with van der Waals surface area (Å²) in [6.45, 7) is 6.52. The summed E-state index contributed by atoms with van der Waals surface area (Å²) in [5.74, 6) is -0.940. The standard InChI is InChI=1S/C77H134O6/c1-4-7-10-13-16-19-22-25-27-29-31-33-35-36-37-38-39-40-42-43-45-47-49-52-55-58-61-64-67-70-76(79)82-73-74(72-81-75(78)69-66-63-60-57-54-51-24-21-18-15-12-9-6-3)83-77(80)71-68-65-62-59-56-53-50-48-46-44-41-34-32-30-28-26-23-20-17-14-11-8-5-2/h8,11,17,20,26,28-29,31-32,34,44,46,50,53,59,62,74H,4-7,9-10,12-16,18-19,21-25,27,30,33,35-43,45,47-49,51-52,54-58,60-61,63-73H2,1-3H3/b11-8-,20-17-,28-26-,31-29-,34-32-,46-44-,53-50-,62-59-. The maximum Gasteiger partial charge on any atom is 0.306 e. The van der Waals surface area contributed by atoms with Crippen molar-refractivity contribution >= 4 is 17.9 Å². The molecule has 0 aliphatic rings. The van der Waals surface area contributed by atoms with Gasteiger partial charge >= 0.3 is 17.9 Å². The fraction of sp³-hybridized carbons (Fsp3) is 0.753. The molecule has 0 aliphatic heterocycles. The van der Waals surface area contributed by atoms with Gasteiger partial charge in [-0.15, -0.1) is 0 Å². The van der Waals surface area contributed by atoms with E-state index >= 15 is 0 Å². The smallest absolute Gasteiger partial charge is 0.306 e. The summed E-state index contributed by atoms with van der Waals surface area (Å²) in [4.78, 5) is 38.4. The predicted molar refractivity (Wildman–Crippen MR) is 362 cm³/mol. The zero-order valence-electron chi connectivity index (χ0n) is 54.9. The van der Waals surface area contributed by atoms with E-state index in [0.29, 0.717) is 19.3 Å². The number of allylic oxidation sites excluding steroid dienone is 16. The molecule has 0 aromatic heterocycles. The van der Waals surface area contributed by atoms with Gasteiger partial charge in [-0.2, -0.15) is 0 Å². The lowest BCUT2D eigenvalue weighted by Gasteiger charge is -2.18. The Bertz CT molecular complexity index is 1610. The molecule has 0 aromatic carbocycles. The second-order valence-corrected chi connectivity index (χ2v) is 23.8. The molecule has 0 N–H and O–H groups in total. The summed E-state index contributed by atoms with van der Waals surface area (Å²) in [5, 5.41) is 0. The van der Waals surface area contributed by atoms with Crippen LogP contribution >= 0.6 is 0 Å². The lowest BCUT2D eigenvalue weighted by molar-refractivity contribution is -0.167. The number of hydrogen-bond donors (Lipinski definition) is 0. The van der Waals surface area contributed by atoms with Crippen molar-refractivity contribution in [2.24, 2.45) is 0 Å². The molecule has 0 aliphatic carbocycles. The summed E-state index contributed by atoms with van der Waals surface area (Å²) < 4.78 is 16.9. The van der Waals surface area contributed by atoms with Crippen LogP contribution in [0.1, 0.15) is 355 Å². The minimum Gasteiger partial charge on any atom is -0.462 e. The van der Waals surface area contributed by atoms with Gasteiger partial charge in [-0.25, -0.2) is 0 Å². The van der Waals surface area contributed by atoms with Gasteiger partial charge in [0.15, 0.2) is 6.10 Å². The highest BCUT2D eigenvalue weighted by atomic mass is 16.6. The molecular weight excluding hydrogens is 1020 g/mol. The number of ether oxygens (including phenoxy) is 3. The highest BCUT2D eigenvalue weighted by molar-refractivity contribution is 5.71. The van der Waals surface area contributed by atoms with Crippen LogP contribution in [0, 0.1) is 0 Å². The Morgan fingerprint density at radius 2 is 0.482 bits per heavy atom. The maximum absolute atomic E-state index is 12.9. The van der Waals surface area contributed by atoms with Gasteiger partial charge in [-0.1, -0.05) is 336 Å². The van der Waals surface area contributed by atoms with Crippen molar-refractivity contribution in [3.05, 3.63) is 97.2 Å². The Morgan fingerprint density at radius 1 is 0.253 bits per heavy atom. The van der Waals surface area contributed by atoms with E-state index in [-0.39, 0.29) is 37.5 Å². The third kappa shape index (κ3) is 69.0. The fourth-order valence-electron chi connectivity index (χ4n) is 10.3. The Balaban J connectivity index is 4.31. The van der Waals surface area contributed by atoms with Crippen molar-refractivity contribution in [3.8, 4) is 0 Å². The summed E-state index contributed by atoms with van der Waals surface area (Å²) in [7, 11) is 0. The van der Waals surface area contributed by atoms with Crippen LogP contribution in [0.2, 0.25) is 0 Å². The van der Waals surface area contributed by atoms with Crippen LogP contribution in [0.15, 0.2) is 97.2 Å². The molecule has 0 spiro atoms. The first-order valence-electron chi connectivity index (χ1n) is 35.7. The topological polar surface area (TPSA) is 78.9 Å². The maximum atomic E-state index is 12.9. The van der Waals surface area contributed by atoms with E-state index in [0.717, 1.165) is 89.9 Å². The first-order valence-corrected chi connectivity index (χ1v) is 35.7. The largest absolute Gasteiger partial charge is 0.462 e. The minimum absolute atomic E-state index is 0.0970. The minimum atomic E-state index is -0.808. The highest BCUT2D eigenvalue weighted by Gasteiger charge is 2.19. The number of carbonyl (C=O) groups excluding carboxylic acids is 3. The van der Waals surface area contributed by atoms with Gasteiger partial charge in [0.2, 0.25) is 0 Å². The van der Waals surface area contributed by atoms with Crippen LogP contribution in [-0.4, -0.2) is 37.2 Å². The summed E-state index contributed by atoms with van der Waals surface area (Å²) in [6, 6.07) is 0. The van der Waals surface area contributed by atoms with Crippen molar-refractivity contribution in [2.75, 3.05) is 13.2 Å². The van der Waals surface area contributed by atoms with E-state index in [9.17, 15) is 14.4 Å². The van der Waals surface area contributed by atoms with E-state index in [4.69, 9.17) is 14.2 Å². The molecule has 0 radical (unpaired) electrons. The number of unbranched alkanes of at least 4 members (excludes halogenated alkanes) is 38. The van der Waals surface area contributed by atoms with Gasteiger partial charge in [0, 0.05) is 19.3 Å². The molecular formula is C77H134O6. The van der Waals surface area contributed by atoms with E-state index in [1.165, 1.54) is 218 Å². The van der Waals surface area contributed by atoms with Crippen molar-refractivity contribution in [1.82, 2.24) is 0 Å². The quantitative estimate of drug-likeness (QED) is 0.0261.